The first-order valence-electron chi connectivity index (χ1n) is 3.60. The maximum Gasteiger partial charge on any atom is 0.233 e. The van der Waals surface area contributed by atoms with Crippen LogP contribution in [0.4, 0.5) is 5.69 Å². The third-order valence-corrected chi connectivity index (χ3v) is 2.89. The van der Waals surface area contributed by atoms with E-state index in [0.717, 1.165) is 5.56 Å². The van der Waals surface area contributed by atoms with E-state index in [4.69, 9.17) is 0 Å². The van der Waals surface area contributed by atoms with E-state index in [9.17, 15) is 8.42 Å². The topological polar surface area (TPSA) is 46.2 Å². The van der Waals surface area contributed by atoms with Crippen LogP contribution in [0, 0.1) is 6.42 Å². The Morgan fingerprint density at radius 1 is 1.25 bits per heavy atom. The molecule has 1 heterocycles. The van der Waals surface area contributed by atoms with Gasteiger partial charge >= 0.3 is 0 Å². The first-order chi connectivity index (χ1) is 5.67. The first-order valence-corrected chi connectivity index (χ1v) is 5.25. The van der Waals surface area contributed by atoms with Crippen molar-refractivity contribution in [1.29, 1.82) is 0 Å². The van der Waals surface area contributed by atoms with Crippen LogP contribution < -0.4 is 4.72 Å². The number of nitrogens with one attached hydrogen (secondary N) is 1. The van der Waals surface area contributed by atoms with Gasteiger partial charge in [0.15, 0.2) is 0 Å². The number of anilines is 1. The quantitative estimate of drug-likeness (QED) is 0.650. The second-order valence-electron chi connectivity index (χ2n) is 2.67. The Morgan fingerprint density at radius 2 is 2.00 bits per heavy atom. The van der Waals surface area contributed by atoms with Crippen LogP contribution >= 0.6 is 0 Å². The normalized spacial score (nSPS) is 19.3. The summed E-state index contributed by atoms with van der Waals surface area (Å²) in [5, 5.41) is 0. The summed E-state index contributed by atoms with van der Waals surface area (Å²) in [7, 11) is -3.10. The lowest BCUT2D eigenvalue weighted by atomic mass is 10.1. The fourth-order valence-corrected chi connectivity index (χ4v) is 2.18. The molecule has 1 aliphatic heterocycles. The second-order valence-corrected chi connectivity index (χ2v) is 4.44. The molecule has 1 N–H and O–H groups in total. The maximum atomic E-state index is 11.1. The van der Waals surface area contributed by atoms with Crippen molar-refractivity contribution >= 4 is 15.7 Å². The molecule has 3 nitrogen and oxygen atoms in total. The summed E-state index contributed by atoms with van der Waals surface area (Å²) in [5.74, 6) is 0.0734. The third-order valence-electron chi connectivity index (χ3n) is 1.75. The monoisotopic (exact) mass is 182 g/mol. The standard InChI is InChI=1S/C8H8NO2S/c10-12(11)6-5-7-3-1-2-4-8(7)9-12/h1-5,9H,6H2. The average Bonchev–Trinajstić information content (AvgIpc) is 2.02. The molecule has 0 saturated heterocycles. The Kier molecular flexibility index (Phi) is 1.58. The summed E-state index contributed by atoms with van der Waals surface area (Å²) in [6.07, 6.45) is 1.71. The van der Waals surface area contributed by atoms with E-state index in [-0.39, 0.29) is 5.75 Å². The highest BCUT2D eigenvalue weighted by molar-refractivity contribution is 7.92. The molecule has 0 aliphatic carbocycles. The molecular weight excluding hydrogens is 174 g/mol. The Hall–Kier alpha value is -1.03. The molecule has 4 heteroatoms. The van der Waals surface area contributed by atoms with Gasteiger partial charge in [0.25, 0.3) is 0 Å². The molecule has 63 valence electrons. The largest absolute Gasteiger partial charge is 0.283 e. The Bertz CT molecular complexity index is 397. The van der Waals surface area contributed by atoms with Crippen LogP contribution in [0.1, 0.15) is 5.56 Å². The van der Waals surface area contributed by atoms with Gasteiger partial charge in [0.2, 0.25) is 10.0 Å². The number of rotatable bonds is 0. The van der Waals surface area contributed by atoms with Crippen LogP contribution in [0.2, 0.25) is 0 Å². The smallest absolute Gasteiger partial charge is 0.233 e. The van der Waals surface area contributed by atoms with E-state index in [1.54, 1.807) is 18.6 Å². The maximum absolute atomic E-state index is 11.1. The van der Waals surface area contributed by atoms with Crippen LogP contribution in [0.15, 0.2) is 24.3 Å². The van der Waals surface area contributed by atoms with Crippen LogP contribution in [0.25, 0.3) is 0 Å². The average molecular weight is 182 g/mol. The summed E-state index contributed by atoms with van der Waals surface area (Å²) >= 11 is 0. The van der Waals surface area contributed by atoms with Gasteiger partial charge in [-0.25, -0.2) is 8.42 Å². The molecule has 0 fully saturated rings. The van der Waals surface area contributed by atoms with Gasteiger partial charge in [-0.05, 0) is 11.6 Å². The van der Waals surface area contributed by atoms with E-state index in [1.807, 2.05) is 12.1 Å². The highest BCUT2D eigenvalue weighted by Gasteiger charge is 2.18. The van der Waals surface area contributed by atoms with Gasteiger partial charge < -0.3 is 0 Å². The minimum absolute atomic E-state index is 0.0734. The molecule has 1 aromatic carbocycles. The molecule has 0 bridgehead atoms. The van der Waals surface area contributed by atoms with Crippen molar-refractivity contribution in [3.05, 3.63) is 36.2 Å². The van der Waals surface area contributed by atoms with Crippen molar-refractivity contribution in [1.82, 2.24) is 0 Å². The minimum Gasteiger partial charge on any atom is -0.283 e. The van der Waals surface area contributed by atoms with E-state index in [1.165, 1.54) is 0 Å². The van der Waals surface area contributed by atoms with E-state index in [2.05, 4.69) is 4.72 Å². The van der Waals surface area contributed by atoms with Gasteiger partial charge in [-0.3, -0.25) is 4.72 Å². The number of sulfonamides is 1. The number of fused-ring (bicyclic) bond motifs is 1. The zero-order valence-corrected chi connectivity index (χ0v) is 7.14. The van der Waals surface area contributed by atoms with E-state index < -0.39 is 10.0 Å². The molecule has 12 heavy (non-hydrogen) atoms. The number of benzene rings is 1. The molecule has 0 unspecified atom stereocenters. The summed E-state index contributed by atoms with van der Waals surface area (Å²) in [4.78, 5) is 0. The van der Waals surface area contributed by atoms with Crippen molar-refractivity contribution in [2.45, 2.75) is 0 Å². The lowest BCUT2D eigenvalue weighted by molar-refractivity contribution is 0.602. The zero-order chi connectivity index (χ0) is 8.60. The molecule has 1 aliphatic rings. The molecule has 2 rings (SSSR count). The lowest BCUT2D eigenvalue weighted by Gasteiger charge is -2.16. The van der Waals surface area contributed by atoms with Crippen molar-refractivity contribution in [2.75, 3.05) is 10.5 Å². The first kappa shape index (κ1) is 7.61. The minimum atomic E-state index is -3.10. The van der Waals surface area contributed by atoms with Crippen molar-refractivity contribution in [3.63, 3.8) is 0 Å². The number of para-hydroxylation sites is 1. The highest BCUT2D eigenvalue weighted by Crippen LogP contribution is 2.23. The van der Waals surface area contributed by atoms with Crippen LogP contribution in [-0.4, -0.2) is 14.2 Å². The molecular formula is C8H8NO2S. The van der Waals surface area contributed by atoms with Gasteiger partial charge in [0, 0.05) is 6.42 Å². The van der Waals surface area contributed by atoms with E-state index in [0.29, 0.717) is 5.69 Å². The predicted octanol–water partition coefficient (Wildman–Crippen LogP) is 0.994. The molecule has 0 saturated carbocycles. The lowest BCUT2D eigenvalue weighted by Crippen LogP contribution is -2.22. The van der Waals surface area contributed by atoms with Crippen LogP contribution in [0.5, 0.6) is 0 Å². The second kappa shape index (κ2) is 2.48. The molecule has 0 aromatic heterocycles. The Morgan fingerprint density at radius 3 is 2.83 bits per heavy atom. The zero-order valence-electron chi connectivity index (χ0n) is 6.32. The van der Waals surface area contributed by atoms with Gasteiger partial charge in [-0.15, -0.1) is 0 Å². The van der Waals surface area contributed by atoms with Gasteiger partial charge in [-0.1, -0.05) is 18.2 Å². The number of hydrogen-bond donors (Lipinski definition) is 1. The fourth-order valence-electron chi connectivity index (χ4n) is 1.18. The Balaban J connectivity index is 2.48. The molecule has 0 atom stereocenters. The van der Waals surface area contributed by atoms with Crippen LogP contribution in [-0.2, 0) is 10.0 Å². The third kappa shape index (κ3) is 1.30. The fraction of sp³-hybridized carbons (Fsp3) is 0.125. The van der Waals surface area contributed by atoms with E-state index >= 15 is 0 Å². The molecule has 1 radical (unpaired) electrons. The van der Waals surface area contributed by atoms with Crippen molar-refractivity contribution in [2.24, 2.45) is 0 Å². The summed E-state index contributed by atoms with van der Waals surface area (Å²) in [5.41, 5.74) is 1.62. The summed E-state index contributed by atoms with van der Waals surface area (Å²) in [6, 6.07) is 7.33. The number of hydrogen-bond acceptors (Lipinski definition) is 2. The summed E-state index contributed by atoms with van der Waals surface area (Å²) in [6.45, 7) is 0. The highest BCUT2D eigenvalue weighted by atomic mass is 32.2. The van der Waals surface area contributed by atoms with Crippen molar-refractivity contribution < 1.29 is 8.42 Å². The van der Waals surface area contributed by atoms with Crippen molar-refractivity contribution in [3.8, 4) is 0 Å². The summed E-state index contributed by atoms with van der Waals surface area (Å²) < 4.78 is 24.6. The Labute approximate surface area is 71.5 Å². The molecule has 0 spiro atoms. The predicted molar refractivity (Wildman–Crippen MR) is 47.3 cm³/mol. The van der Waals surface area contributed by atoms with Crippen LogP contribution in [0.3, 0.4) is 0 Å². The van der Waals surface area contributed by atoms with Gasteiger partial charge in [0.1, 0.15) is 0 Å². The van der Waals surface area contributed by atoms with Gasteiger partial charge in [0.05, 0.1) is 11.4 Å². The molecule has 0 amide bonds. The molecule has 1 aromatic rings. The SMILES string of the molecule is O=S1(=O)C[CH]c2ccccc2N1. The van der Waals surface area contributed by atoms with Gasteiger partial charge in [-0.2, -0.15) is 0 Å².